The van der Waals surface area contributed by atoms with E-state index in [1.807, 2.05) is 0 Å². The molecule has 258 valence electrons. The summed E-state index contributed by atoms with van der Waals surface area (Å²) in [6.07, 6.45) is -12.0. The summed E-state index contributed by atoms with van der Waals surface area (Å²) in [5.74, 6) is -0.378. The summed E-state index contributed by atoms with van der Waals surface area (Å²) in [7, 11) is 0. The fourth-order valence-electron chi connectivity index (χ4n) is 4.33. The SMILES string of the molecule is O=C(CCCCC(=O)NCCOCCO[C@@H]1O[C@H](CO)[C@H](O)[C@H](O)[C@H]1O)NCCOCCO[C@@H]1O[C@H](CO)[C@H](O)[C@H](O)[C@H]1O. The zero-order valence-corrected chi connectivity index (χ0v) is 24.5. The predicted octanol–water partition coefficient (Wildman–Crippen LogP) is -5.55. The summed E-state index contributed by atoms with van der Waals surface area (Å²) in [6, 6.07) is 0. The zero-order chi connectivity index (χ0) is 32.5. The number of amides is 2. The number of aliphatic hydroxyl groups excluding tert-OH is 8. The maximum absolute atomic E-state index is 11.9. The summed E-state index contributed by atoms with van der Waals surface area (Å²) in [4.78, 5) is 23.9. The van der Waals surface area contributed by atoms with Crippen LogP contribution in [-0.4, -0.2) is 180 Å². The molecule has 0 unspecified atom stereocenters. The molecule has 0 bridgehead atoms. The number of aliphatic hydroxyl groups is 8. The molecule has 18 nitrogen and oxygen atoms in total. The van der Waals surface area contributed by atoms with Gasteiger partial charge in [0.2, 0.25) is 11.8 Å². The van der Waals surface area contributed by atoms with E-state index in [0.29, 0.717) is 12.8 Å². The van der Waals surface area contributed by atoms with Crippen LogP contribution < -0.4 is 10.6 Å². The highest BCUT2D eigenvalue weighted by Gasteiger charge is 2.45. The van der Waals surface area contributed by atoms with E-state index in [-0.39, 0.29) is 77.4 Å². The van der Waals surface area contributed by atoms with Crippen molar-refractivity contribution in [3.05, 3.63) is 0 Å². The topological polar surface area (TPSA) is 275 Å². The van der Waals surface area contributed by atoms with Crippen molar-refractivity contribution in [1.82, 2.24) is 10.6 Å². The summed E-state index contributed by atoms with van der Waals surface area (Å²) < 4.78 is 31.7. The molecule has 0 aliphatic carbocycles. The van der Waals surface area contributed by atoms with Gasteiger partial charge in [0.15, 0.2) is 12.6 Å². The highest BCUT2D eigenvalue weighted by atomic mass is 16.7. The molecule has 0 spiro atoms. The second-order valence-corrected chi connectivity index (χ2v) is 10.3. The third-order valence-electron chi connectivity index (χ3n) is 6.91. The molecule has 2 saturated heterocycles. The molecule has 10 atom stereocenters. The third-order valence-corrected chi connectivity index (χ3v) is 6.91. The molecule has 2 rings (SSSR count). The Bertz CT molecular complexity index is 744. The van der Waals surface area contributed by atoms with E-state index in [2.05, 4.69) is 10.6 Å². The van der Waals surface area contributed by atoms with Crippen LogP contribution in [0.25, 0.3) is 0 Å². The predicted molar refractivity (Wildman–Crippen MR) is 146 cm³/mol. The number of hydrogen-bond acceptors (Lipinski definition) is 16. The molecule has 0 aromatic carbocycles. The number of carbonyl (C=O) groups is 2. The van der Waals surface area contributed by atoms with Gasteiger partial charge in [-0.3, -0.25) is 9.59 Å². The number of nitrogens with one attached hydrogen (secondary N) is 2. The van der Waals surface area contributed by atoms with Gasteiger partial charge in [-0.2, -0.15) is 0 Å². The molecule has 44 heavy (non-hydrogen) atoms. The first-order valence-electron chi connectivity index (χ1n) is 14.6. The molecule has 0 aromatic rings. The Kier molecular flexibility index (Phi) is 18.6. The second kappa shape index (κ2) is 21.2. The smallest absolute Gasteiger partial charge is 0.220 e. The van der Waals surface area contributed by atoms with Crippen LogP contribution in [0.2, 0.25) is 0 Å². The van der Waals surface area contributed by atoms with Crippen molar-refractivity contribution in [3.8, 4) is 0 Å². The van der Waals surface area contributed by atoms with Gasteiger partial charge in [0.25, 0.3) is 0 Å². The Morgan fingerprint density at radius 1 is 0.545 bits per heavy atom. The van der Waals surface area contributed by atoms with Crippen molar-refractivity contribution in [2.24, 2.45) is 0 Å². The van der Waals surface area contributed by atoms with E-state index in [1.165, 1.54) is 0 Å². The Morgan fingerprint density at radius 3 is 1.30 bits per heavy atom. The van der Waals surface area contributed by atoms with Gasteiger partial charge in [0.1, 0.15) is 48.8 Å². The lowest BCUT2D eigenvalue weighted by molar-refractivity contribution is -0.302. The molecule has 2 aliphatic rings. The number of hydrogen-bond donors (Lipinski definition) is 10. The number of unbranched alkanes of at least 4 members (excludes halogenated alkanes) is 1. The molecule has 0 saturated carbocycles. The van der Waals surface area contributed by atoms with E-state index in [1.54, 1.807) is 0 Å². The van der Waals surface area contributed by atoms with Crippen LogP contribution in [0.5, 0.6) is 0 Å². The molecule has 2 amide bonds. The van der Waals surface area contributed by atoms with E-state index in [4.69, 9.17) is 38.6 Å². The number of ether oxygens (including phenoxy) is 6. The van der Waals surface area contributed by atoms with Crippen molar-refractivity contribution in [3.63, 3.8) is 0 Å². The van der Waals surface area contributed by atoms with Gasteiger partial charge in [0.05, 0.1) is 52.9 Å². The van der Waals surface area contributed by atoms with Gasteiger partial charge < -0.3 is 79.9 Å². The first kappa shape index (κ1) is 38.6. The quantitative estimate of drug-likeness (QED) is 0.0522. The maximum atomic E-state index is 11.9. The molecule has 0 aromatic heterocycles. The van der Waals surface area contributed by atoms with Gasteiger partial charge in [-0.05, 0) is 12.8 Å². The molecule has 0 radical (unpaired) electrons. The van der Waals surface area contributed by atoms with Crippen LogP contribution in [0.1, 0.15) is 25.7 Å². The second-order valence-electron chi connectivity index (χ2n) is 10.3. The van der Waals surface area contributed by atoms with E-state index < -0.39 is 74.6 Å². The lowest BCUT2D eigenvalue weighted by atomic mass is 9.99. The third kappa shape index (κ3) is 13.0. The van der Waals surface area contributed by atoms with Gasteiger partial charge in [-0.15, -0.1) is 0 Å². The van der Waals surface area contributed by atoms with Crippen molar-refractivity contribution >= 4 is 11.8 Å². The number of carbonyl (C=O) groups excluding carboxylic acids is 2. The van der Waals surface area contributed by atoms with Crippen LogP contribution in [0.3, 0.4) is 0 Å². The fourth-order valence-corrected chi connectivity index (χ4v) is 4.33. The van der Waals surface area contributed by atoms with Crippen LogP contribution in [0.15, 0.2) is 0 Å². The lowest BCUT2D eigenvalue weighted by Gasteiger charge is -2.39. The van der Waals surface area contributed by atoms with Gasteiger partial charge in [-0.25, -0.2) is 0 Å². The minimum absolute atomic E-state index is 0.00475. The lowest BCUT2D eigenvalue weighted by Crippen LogP contribution is -2.59. The average molecular weight is 645 g/mol. The molecule has 2 aliphatic heterocycles. The normalized spacial score (nSPS) is 32.4. The average Bonchev–Trinajstić information content (AvgIpc) is 3.01. The van der Waals surface area contributed by atoms with Crippen LogP contribution in [0, 0.1) is 0 Å². The Balaban J connectivity index is 1.38. The zero-order valence-electron chi connectivity index (χ0n) is 24.5. The first-order chi connectivity index (χ1) is 21.1. The Hall–Kier alpha value is -1.62. The Labute approximate surface area is 254 Å². The van der Waals surface area contributed by atoms with Crippen molar-refractivity contribution in [2.75, 3.05) is 65.9 Å². The molecule has 2 fully saturated rings. The fraction of sp³-hybridized carbons (Fsp3) is 0.923. The minimum Gasteiger partial charge on any atom is -0.394 e. The monoisotopic (exact) mass is 644 g/mol. The maximum Gasteiger partial charge on any atom is 0.220 e. The van der Waals surface area contributed by atoms with Gasteiger partial charge >= 0.3 is 0 Å². The van der Waals surface area contributed by atoms with Crippen molar-refractivity contribution in [2.45, 2.75) is 87.1 Å². The minimum atomic E-state index is -1.52. The summed E-state index contributed by atoms with van der Waals surface area (Å²) in [5.41, 5.74) is 0. The van der Waals surface area contributed by atoms with Crippen LogP contribution in [0.4, 0.5) is 0 Å². The summed E-state index contributed by atoms with van der Waals surface area (Å²) in [6.45, 7) is 0.0483. The first-order valence-corrected chi connectivity index (χ1v) is 14.6. The summed E-state index contributed by atoms with van der Waals surface area (Å²) >= 11 is 0. The largest absolute Gasteiger partial charge is 0.394 e. The molecular weight excluding hydrogens is 596 g/mol. The molecule has 10 N–H and O–H groups in total. The van der Waals surface area contributed by atoms with Crippen molar-refractivity contribution < 1.29 is 78.9 Å². The van der Waals surface area contributed by atoms with Crippen LogP contribution in [-0.2, 0) is 38.0 Å². The molecular formula is C26H48N2O16. The molecule has 2 heterocycles. The highest BCUT2D eigenvalue weighted by molar-refractivity contribution is 5.77. The van der Waals surface area contributed by atoms with Crippen LogP contribution >= 0.6 is 0 Å². The standard InChI is InChI=1S/C26H48N2O16/c29-13-15-19(33)21(35)23(37)25(43-15)41-11-9-39-7-5-27-17(31)3-1-2-4-18(32)28-6-8-40-10-12-42-26-24(38)22(36)20(34)16(14-30)44-26/h15-16,19-26,29-30,33-38H,1-14H2,(H,27,31)(H,28,32)/t15-,16-,19+,20+,21+,22+,23-,24-,25-,26-/m1/s1. The van der Waals surface area contributed by atoms with Crippen molar-refractivity contribution in [1.29, 1.82) is 0 Å². The van der Waals surface area contributed by atoms with Gasteiger partial charge in [-0.1, -0.05) is 0 Å². The Morgan fingerprint density at radius 2 is 0.932 bits per heavy atom. The van der Waals surface area contributed by atoms with E-state index >= 15 is 0 Å². The van der Waals surface area contributed by atoms with Gasteiger partial charge in [0, 0.05) is 25.9 Å². The number of rotatable bonds is 21. The highest BCUT2D eigenvalue weighted by Crippen LogP contribution is 2.22. The van der Waals surface area contributed by atoms with E-state index in [9.17, 15) is 40.2 Å². The molecule has 18 heteroatoms. The van der Waals surface area contributed by atoms with E-state index in [0.717, 1.165) is 0 Å². The summed E-state index contributed by atoms with van der Waals surface area (Å²) in [5, 5.41) is 82.5.